The summed E-state index contributed by atoms with van der Waals surface area (Å²) in [7, 11) is 0. The van der Waals surface area contributed by atoms with Gasteiger partial charge in [-0.3, -0.25) is 0 Å². The fraction of sp³-hybridized carbons (Fsp3) is 0.750. The van der Waals surface area contributed by atoms with E-state index in [2.05, 4.69) is 20.4 Å². The van der Waals surface area contributed by atoms with Gasteiger partial charge in [-0.1, -0.05) is 32.1 Å². The van der Waals surface area contributed by atoms with Crippen molar-refractivity contribution in [1.82, 2.24) is 0 Å². The summed E-state index contributed by atoms with van der Waals surface area (Å²) in [5, 5.41) is 9.93. The van der Waals surface area contributed by atoms with E-state index in [4.69, 9.17) is 9.47 Å². The van der Waals surface area contributed by atoms with Crippen LogP contribution < -0.4 is 0 Å². The fourth-order valence-electron chi connectivity index (χ4n) is 5.98. The first-order valence-corrected chi connectivity index (χ1v) is 9.21. The summed E-state index contributed by atoms with van der Waals surface area (Å²) >= 11 is 0. The summed E-state index contributed by atoms with van der Waals surface area (Å²) in [6, 6.07) is 0. The summed E-state index contributed by atoms with van der Waals surface area (Å²) in [6.45, 7) is 10.1. The van der Waals surface area contributed by atoms with Crippen molar-refractivity contribution >= 4 is 5.97 Å². The third kappa shape index (κ3) is 2.15. The van der Waals surface area contributed by atoms with Crippen molar-refractivity contribution in [2.75, 3.05) is 13.2 Å². The maximum absolute atomic E-state index is 11.8. The summed E-state index contributed by atoms with van der Waals surface area (Å²) in [5.74, 6) is 0.642. The zero-order chi connectivity index (χ0) is 17.1. The molecule has 0 aromatic heterocycles. The van der Waals surface area contributed by atoms with E-state index < -0.39 is 6.10 Å². The van der Waals surface area contributed by atoms with Crippen LogP contribution in [0.4, 0.5) is 0 Å². The molecule has 0 bridgehead atoms. The van der Waals surface area contributed by atoms with Gasteiger partial charge >= 0.3 is 5.97 Å². The molecule has 4 nitrogen and oxygen atoms in total. The third-order valence-corrected chi connectivity index (χ3v) is 7.45. The van der Waals surface area contributed by atoms with Crippen molar-refractivity contribution in [2.45, 2.75) is 58.2 Å². The highest BCUT2D eigenvalue weighted by molar-refractivity contribution is 5.91. The van der Waals surface area contributed by atoms with Crippen LogP contribution in [-0.4, -0.2) is 36.5 Å². The summed E-state index contributed by atoms with van der Waals surface area (Å²) in [4.78, 5) is 11.8. The Bertz CT molecular complexity index is 609. The Labute approximate surface area is 143 Å². The van der Waals surface area contributed by atoms with Gasteiger partial charge in [0.25, 0.3) is 0 Å². The van der Waals surface area contributed by atoms with Crippen LogP contribution in [0.15, 0.2) is 23.8 Å². The number of rotatable bonds is 2. The van der Waals surface area contributed by atoms with Crippen LogP contribution in [0.5, 0.6) is 0 Å². The van der Waals surface area contributed by atoms with E-state index in [1.54, 1.807) is 0 Å². The molecule has 2 saturated heterocycles. The highest BCUT2D eigenvalue weighted by atomic mass is 16.6. The number of ether oxygens (including phenoxy) is 2. The summed E-state index contributed by atoms with van der Waals surface area (Å²) in [5.41, 5.74) is 2.23. The lowest BCUT2D eigenvalue weighted by molar-refractivity contribution is -0.262. The first kappa shape index (κ1) is 16.3. The van der Waals surface area contributed by atoms with E-state index in [1.165, 1.54) is 12.0 Å². The second kappa shape index (κ2) is 5.43. The number of fused-ring (bicyclic) bond motifs is 3. The number of cyclic esters (lactones) is 1. The van der Waals surface area contributed by atoms with Crippen LogP contribution in [0.25, 0.3) is 0 Å². The molecule has 132 valence electrons. The Balaban J connectivity index is 1.60. The van der Waals surface area contributed by atoms with E-state index in [-0.39, 0.29) is 18.0 Å². The number of hydrogen-bond acceptors (Lipinski definition) is 4. The molecule has 4 rings (SSSR count). The number of aliphatic hydroxyl groups excluding tert-OH is 1. The minimum atomic E-state index is -0.772. The number of allylic oxidation sites excluding steroid dienone is 2. The largest absolute Gasteiger partial charge is 0.459 e. The van der Waals surface area contributed by atoms with Gasteiger partial charge in [-0.15, -0.1) is 0 Å². The smallest absolute Gasteiger partial charge is 0.336 e. The fourth-order valence-corrected chi connectivity index (χ4v) is 5.98. The molecule has 6 atom stereocenters. The lowest BCUT2D eigenvalue weighted by Crippen LogP contribution is -2.64. The lowest BCUT2D eigenvalue weighted by Gasteiger charge is -2.65. The maximum atomic E-state index is 11.8. The van der Waals surface area contributed by atoms with Gasteiger partial charge in [-0.05, 0) is 49.4 Å². The molecule has 0 aromatic carbocycles. The lowest BCUT2D eigenvalue weighted by atomic mass is 9.45. The monoisotopic (exact) mass is 332 g/mol. The van der Waals surface area contributed by atoms with E-state index in [9.17, 15) is 9.90 Å². The first-order chi connectivity index (χ1) is 11.4. The quantitative estimate of drug-likeness (QED) is 0.480. The zero-order valence-electron chi connectivity index (χ0n) is 14.7. The average molecular weight is 332 g/mol. The molecule has 0 spiro atoms. The molecule has 0 unspecified atom stereocenters. The molecule has 0 amide bonds. The van der Waals surface area contributed by atoms with Gasteiger partial charge in [0.05, 0.1) is 18.3 Å². The van der Waals surface area contributed by atoms with Crippen LogP contribution in [0.2, 0.25) is 0 Å². The van der Waals surface area contributed by atoms with E-state index in [0.29, 0.717) is 28.9 Å². The summed E-state index contributed by atoms with van der Waals surface area (Å²) in [6.07, 6.45) is 6.86. The standard InChI is InChI=1S/C20H28O4/c1-12-4-7-16-19(2,9-8-17-20(16,3)11-24-17)14(12)6-5-13-15(21)10-23-18(13)22/h5,14-17,21H,1,4,6-11H2,2-3H3/b13-5+/t14-,15+,16+,17-,19+,20+/m1/s1. The van der Waals surface area contributed by atoms with Crippen molar-refractivity contribution in [2.24, 2.45) is 22.7 Å². The minimum Gasteiger partial charge on any atom is -0.459 e. The van der Waals surface area contributed by atoms with E-state index in [1.807, 2.05) is 6.08 Å². The molecule has 4 fully saturated rings. The maximum Gasteiger partial charge on any atom is 0.336 e. The number of esters is 1. The van der Waals surface area contributed by atoms with Crippen LogP contribution >= 0.6 is 0 Å². The molecular formula is C20H28O4. The third-order valence-electron chi connectivity index (χ3n) is 7.45. The Morgan fingerprint density at radius 2 is 2.12 bits per heavy atom. The number of hydrogen-bond donors (Lipinski definition) is 1. The molecule has 2 heterocycles. The molecule has 0 aromatic rings. The van der Waals surface area contributed by atoms with Gasteiger partial charge < -0.3 is 14.6 Å². The Hall–Kier alpha value is -1.13. The van der Waals surface area contributed by atoms with Crippen LogP contribution in [0.1, 0.15) is 46.0 Å². The predicted molar refractivity (Wildman–Crippen MR) is 90.2 cm³/mol. The van der Waals surface area contributed by atoms with Gasteiger partial charge in [-0.25, -0.2) is 4.79 Å². The van der Waals surface area contributed by atoms with Crippen molar-refractivity contribution in [1.29, 1.82) is 0 Å². The predicted octanol–water partition coefficient (Wildman–Crippen LogP) is 3.01. The molecule has 1 N–H and O–H groups in total. The molecule has 4 aliphatic rings. The minimum absolute atomic E-state index is 0.0905. The molecule has 2 aliphatic carbocycles. The van der Waals surface area contributed by atoms with Crippen molar-refractivity contribution in [3.8, 4) is 0 Å². The molecule has 2 saturated carbocycles. The van der Waals surface area contributed by atoms with Crippen LogP contribution in [0, 0.1) is 22.7 Å². The second-order valence-corrected chi connectivity index (χ2v) is 8.66. The summed E-state index contributed by atoms with van der Waals surface area (Å²) < 4.78 is 10.8. The second-order valence-electron chi connectivity index (χ2n) is 8.66. The highest BCUT2D eigenvalue weighted by Gasteiger charge is 2.61. The molecule has 24 heavy (non-hydrogen) atoms. The molecule has 4 heteroatoms. The Kier molecular flexibility index (Phi) is 3.70. The molecule has 2 aliphatic heterocycles. The van der Waals surface area contributed by atoms with Gasteiger partial charge in [0.1, 0.15) is 12.7 Å². The van der Waals surface area contributed by atoms with Crippen molar-refractivity contribution in [3.63, 3.8) is 0 Å². The topological polar surface area (TPSA) is 55.8 Å². The van der Waals surface area contributed by atoms with Crippen LogP contribution in [-0.2, 0) is 14.3 Å². The van der Waals surface area contributed by atoms with Gasteiger partial charge in [0, 0.05) is 5.41 Å². The number of carbonyl (C=O) groups is 1. The van der Waals surface area contributed by atoms with Crippen molar-refractivity contribution in [3.05, 3.63) is 23.8 Å². The normalized spacial score (nSPS) is 49.4. The van der Waals surface area contributed by atoms with Gasteiger partial charge in [0.2, 0.25) is 0 Å². The van der Waals surface area contributed by atoms with Crippen molar-refractivity contribution < 1.29 is 19.4 Å². The van der Waals surface area contributed by atoms with E-state index in [0.717, 1.165) is 32.3 Å². The Morgan fingerprint density at radius 1 is 1.33 bits per heavy atom. The number of carbonyl (C=O) groups excluding carboxylic acids is 1. The average Bonchev–Trinajstić information content (AvgIpc) is 2.83. The zero-order valence-corrected chi connectivity index (χ0v) is 14.7. The first-order valence-electron chi connectivity index (χ1n) is 9.21. The van der Waals surface area contributed by atoms with Crippen LogP contribution in [0.3, 0.4) is 0 Å². The highest BCUT2D eigenvalue weighted by Crippen LogP contribution is 2.64. The molecule has 0 radical (unpaired) electrons. The number of aliphatic hydroxyl groups is 1. The molecular weight excluding hydrogens is 304 g/mol. The Morgan fingerprint density at radius 3 is 2.75 bits per heavy atom. The van der Waals surface area contributed by atoms with E-state index >= 15 is 0 Å². The van der Waals surface area contributed by atoms with Gasteiger partial charge in [0.15, 0.2) is 0 Å². The SMILES string of the molecule is C=C1CC[C@@H]2[C@]3(C)CO[C@@H]3CC[C@@]2(C)[C@@H]1C/C=C1/C(=O)OC[C@@H]1O. The van der Waals surface area contributed by atoms with Gasteiger partial charge in [-0.2, -0.15) is 0 Å².